The van der Waals surface area contributed by atoms with Crippen molar-refractivity contribution in [1.82, 2.24) is 9.88 Å². The molecule has 1 aliphatic heterocycles. The first-order valence-electron chi connectivity index (χ1n) is 8.77. The van der Waals surface area contributed by atoms with Crippen molar-refractivity contribution in [3.63, 3.8) is 0 Å². The maximum atomic E-state index is 13.8. The fourth-order valence-corrected chi connectivity index (χ4v) is 4.13. The molecular weight excluding hydrogens is 398 g/mol. The van der Waals surface area contributed by atoms with E-state index in [2.05, 4.69) is 4.98 Å². The molecule has 1 amide bonds. The second-order valence-electron chi connectivity index (χ2n) is 7.76. The molecule has 1 fully saturated rings. The van der Waals surface area contributed by atoms with Crippen LogP contribution in [0.25, 0.3) is 10.2 Å². The Morgan fingerprint density at radius 3 is 2.50 bits per heavy atom. The average molecular weight is 419 g/mol. The van der Waals surface area contributed by atoms with E-state index in [1.165, 1.54) is 0 Å². The maximum absolute atomic E-state index is 13.8. The van der Waals surface area contributed by atoms with Crippen LogP contribution in [0.2, 0.25) is 0 Å². The molecule has 0 spiro atoms. The quantitative estimate of drug-likeness (QED) is 0.617. The zero-order valence-electron chi connectivity index (χ0n) is 15.9. The number of ether oxygens (including phenoxy) is 1. The highest BCUT2D eigenvalue weighted by Crippen LogP contribution is 2.37. The summed E-state index contributed by atoms with van der Waals surface area (Å²) in [5, 5.41) is 0.505. The molecule has 1 aromatic heterocycles. The van der Waals surface area contributed by atoms with Gasteiger partial charge in [0.2, 0.25) is 0 Å². The van der Waals surface area contributed by atoms with E-state index in [9.17, 15) is 22.4 Å². The predicted molar refractivity (Wildman–Crippen MR) is 99.2 cm³/mol. The molecule has 0 unspecified atom stereocenters. The van der Waals surface area contributed by atoms with Crippen LogP contribution in [0, 0.1) is 5.82 Å². The van der Waals surface area contributed by atoms with Gasteiger partial charge < -0.3 is 14.5 Å². The summed E-state index contributed by atoms with van der Waals surface area (Å²) in [5.74, 6) is -1.33. The number of thiazole rings is 1. The van der Waals surface area contributed by atoms with Crippen molar-refractivity contribution in [3.05, 3.63) is 23.5 Å². The molecule has 1 aliphatic rings. The standard InChI is InChI=1S/C18H21F4N3O2S/c1-10-9-24(16(26)27-17(2,3)4)5-6-25(10)15-23-13-8-12(19)11(18(20,21)22)7-14(13)28-15/h7-8,10H,5-6,9H2,1-4H3/t10-/m1/s1. The Labute approximate surface area is 163 Å². The van der Waals surface area contributed by atoms with E-state index in [1.54, 1.807) is 25.7 Å². The monoisotopic (exact) mass is 419 g/mol. The van der Waals surface area contributed by atoms with Crippen LogP contribution in [0.3, 0.4) is 0 Å². The Bertz CT molecular complexity index is 891. The van der Waals surface area contributed by atoms with Crippen molar-refractivity contribution in [2.75, 3.05) is 24.5 Å². The lowest BCUT2D eigenvalue weighted by Crippen LogP contribution is -2.54. The molecular formula is C18H21F4N3O2S. The van der Waals surface area contributed by atoms with Gasteiger partial charge in [0.05, 0.1) is 15.8 Å². The molecule has 2 aromatic rings. The minimum absolute atomic E-state index is 0.117. The Morgan fingerprint density at radius 2 is 1.93 bits per heavy atom. The third kappa shape index (κ3) is 4.31. The van der Waals surface area contributed by atoms with E-state index in [0.29, 0.717) is 24.8 Å². The number of fused-ring (bicyclic) bond motifs is 1. The third-order valence-corrected chi connectivity index (χ3v) is 5.35. The van der Waals surface area contributed by atoms with Crippen LogP contribution in [0.1, 0.15) is 33.3 Å². The van der Waals surface area contributed by atoms with Gasteiger partial charge in [0.25, 0.3) is 0 Å². The lowest BCUT2D eigenvalue weighted by Gasteiger charge is -2.40. The van der Waals surface area contributed by atoms with E-state index < -0.39 is 29.3 Å². The number of aromatic nitrogens is 1. The summed E-state index contributed by atoms with van der Waals surface area (Å²) in [7, 11) is 0. The molecule has 0 N–H and O–H groups in total. The minimum Gasteiger partial charge on any atom is -0.444 e. The van der Waals surface area contributed by atoms with Crippen LogP contribution in [0.5, 0.6) is 0 Å². The van der Waals surface area contributed by atoms with Gasteiger partial charge in [-0.2, -0.15) is 13.2 Å². The number of hydrogen-bond donors (Lipinski definition) is 0. The topological polar surface area (TPSA) is 45.7 Å². The normalized spacial score (nSPS) is 18.6. The highest BCUT2D eigenvalue weighted by atomic mass is 32.1. The molecule has 0 radical (unpaired) electrons. The SMILES string of the molecule is C[C@@H]1CN(C(=O)OC(C)(C)C)CCN1c1nc2cc(F)c(C(F)(F)F)cc2s1. The minimum atomic E-state index is -4.76. The number of carbonyl (C=O) groups is 1. The molecule has 0 saturated carbocycles. The van der Waals surface area contributed by atoms with E-state index in [4.69, 9.17) is 4.74 Å². The average Bonchev–Trinajstić information content (AvgIpc) is 2.93. The lowest BCUT2D eigenvalue weighted by atomic mass is 10.2. The van der Waals surface area contributed by atoms with Crippen molar-refractivity contribution in [3.8, 4) is 0 Å². The van der Waals surface area contributed by atoms with Crippen molar-refractivity contribution in [2.45, 2.75) is 45.5 Å². The molecule has 154 valence electrons. The summed E-state index contributed by atoms with van der Waals surface area (Å²) >= 11 is 1.08. The number of hydrogen-bond acceptors (Lipinski definition) is 5. The number of piperazine rings is 1. The summed E-state index contributed by atoms with van der Waals surface area (Å²) in [6.45, 7) is 8.52. The summed E-state index contributed by atoms with van der Waals surface area (Å²) in [6, 6.07) is 1.50. The smallest absolute Gasteiger partial charge is 0.419 e. The van der Waals surface area contributed by atoms with Crippen LogP contribution in [-0.4, -0.2) is 47.3 Å². The molecule has 3 rings (SSSR count). The van der Waals surface area contributed by atoms with Gasteiger partial charge in [0.15, 0.2) is 5.13 Å². The first-order valence-corrected chi connectivity index (χ1v) is 9.58. The van der Waals surface area contributed by atoms with Crippen LogP contribution in [0.15, 0.2) is 12.1 Å². The van der Waals surface area contributed by atoms with Crippen LogP contribution >= 0.6 is 11.3 Å². The molecule has 1 aromatic carbocycles. The third-order valence-electron chi connectivity index (χ3n) is 4.30. The van der Waals surface area contributed by atoms with Gasteiger partial charge in [0.1, 0.15) is 11.4 Å². The van der Waals surface area contributed by atoms with Gasteiger partial charge >= 0.3 is 12.3 Å². The maximum Gasteiger partial charge on any atom is 0.419 e. The molecule has 1 atom stereocenters. The number of carbonyl (C=O) groups excluding carboxylic acids is 1. The van der Waals surface area contributed by atoms with E-state index in [0.717, 1.165) is 23.5 Å². The highest BCUT2D eigenvalue weighted by molar-refractivity contribution is 7.22. The first-order chi connectivity index (χ1) is 12.8. The number of anilines is 1. The second kappa shape index (κ2) is 7.06. The van der Waals surface area contributed by atoms with E-state index >= 15 is 0 Å². The zero-order valence-corrected chi connectivity index (χ0v) is 16.7. The Hall–Kier alpha value is -2.10. The molecule has 28 heavy (non-hydrogen) atoms. The molecule has 2 heterocycles. The van der Waals surface area contributed by atoms with Crippen molar-refractivity contribution < 1.29 is 27.1 Å². The summed E-state index contributed by atoms with van der Waals surface area (Å²) in [4.78, 5) is 20.1. The molecule has 5 nitrogen and oxygen atoms in total. The van der Waals surface area contributed by atoms with Gasteiger partial charge in [-0.05, 0) is 33.8 Å². The highest BCUT2D eigenvalue weighted by Gasteiger charge is 2.35. The molecule has 0 bridgehead atoms. The summed E-state index contributed by atoms with van der Waals surface area (Å²) in [5.41, 5.74) is -1.70. The van der Waals surface area contributed by atoms with Crippen LogP contribution in [0.4, 0.5) is 27.5 Å². The Balaban J connectivity index is 1.79. The van der Waals surface area contributed by atoms with Crippen molar-refractivity contribution in [1.29, 1.82) is 0 Å². The van der Waals surface area contributed by atoms with E-state index in [1.807, 2.05) is 11.8 Å². The van der Waals surface area contributed by atoms with Crippen molar-refractivity contribution >= 4 is 32.8 Å². The van der Waals surface area contributed by atoms with Gasteiger partial charge in [-0.1, -0.05) is 11.3 Å². The zero-order chi connectivity index (χ0) is 20.9. The van der Waals surface area contributed by atoms with Crippen LogP contribution in [-0.2, 0) is 10.9 Å². The Kier molecular flexibility index (Phi) is 5.20. The van der Waals surface area contributed by atoms with Gasteiger partial charge in [-0.3, -0.25) is 0 Å². The van der Waals surface area contributed by atoms with Crippen molar-refractivity contribution in [2.24, 2.45) is 0 Å². The van der Waals surface area contributed by atoms with Gasteiger partial charge in [-0.25, -0.2) is 14.2 Å². The van der Waals surface area contributed by atoms with E-state index in [-0.39, 0.29) is 16.3 Å². The largest absolute Gasteiger partial charge is 0.444 e. The number of amides is 1. The Morgan fingerprint density at radius 1 is 1.25 bits per heavy atom. The van der Waals surface area contributed by atoms with Gasteiger partial charge in [-0.15, -0.1) is 0 Å². The molecule has 0 aliphatic carbocycles. The summed E-state index contributed by atoms with van der Waals surface area (Å²) in [6.07, 6.45) is -5.16. The fraction of sp³-hybridized carbons (Fsp3) is 0.556. The first kappa shape index (κ1) is 20.6. The lowest BCUT2D eigenvalue weighted by molar-refractivity contribution is -0.139. The molecule has 1 saturated heterocycles. The number of benzene rings is 1. The van der Waals surface area contributed by atoms with Crippen LogP contribution < -0.4 is 4.90 Å². The predicted octanol–water partition coefficient (Wildman–Crippen LogP) is 4.90. The number of halogens is 4. The summed E-state index contributed by atoms with van der Waals surface area (Å²) < 4.78 is 58.2. The van der Waals surface area contributed by atoms with Gasteiger partial charge in [0, 0.05) is 31.7 Å². The number of nitrogens with zero attached hydrogens (tertiary/aromatic N) is 3. The molecule has 10 heteroatoms. The second-order valence-corrected chi connectivity index (χ2v) is 8.77. The fourth-order valence-electron chi connectivity index (χ4n) is 3.01. The number of rotatable bonds is 1. The number of alkyl halides is 3.